The van der Waals surface area contributed by atoms with Crippen LogP contribution in [-0.2, 0) is 20.9 Å². The minimum atomic E-state index is -0.457. The van der Waals surface area contributed by atoms with Crippen LogP contribution >= 0.6 is 11.3 Å². The number of halogens is 1. The quantitative estimate of drug-likeness (QED) is 0.463. The van der Waals surface area contributed by atoms with E-state index in [4.69, 9.17) is 4.74 Å². The predicted octanol–water partition coefficient (Wildman–Crippen LogP) is 5.99. The van der Waals surface area contributed by atoms with Gasteiger partial charge in [-0.1, -0.05) is 48.5 Å². The Balaban J connectivity index is 1.47. The first-order valence-electron chi connectivity index (χ1n) is 11.2. The van der Waals surface area contributed by atoms with Crippen molar-refractivity contribution in [2.24, 2.45) is 0 Å². The van der Waals surface area contributed by atoms with Gasteiger partial charge in [-0.05, 0) is 54.0 Å². The van der Waals surface area contributed by atoms with Gasteiger partial charge in [-0.15, -0.1) is 11.3 Å². The maximum atomic E-state index is 13.5. The zero-order valence-corrected chi connectivity index (χ0v) is 19.5. The molecule has 2 aromatic carbocycles. The second-order valence-electron chi connectivity index (χ2n) is 8.65. The number of carbonyl (C=O) groups excluding carboxylic acids is 2. The molecular formula is C28H24FNO3S. The molecule has 1 aromatic heterocycles. The van der Waals surface area contributed by atoms with Gasteiger partial charge >= 0.3 is 5.97 Å². The Morgan fingerprint density at radius 3 is 2.53 bits per heavy atom. The zero-order chi connectivity index (χ0) is 23.7. The molecule has 0 spiro atoms. The maximum Gasteiger partial charge on any atom is 0.337 e. The van der Waals surface area contributed by atoms with Crippen molar-refractivity contribution >= 4 is 23.1 Å². The van der Waals surface area contributed by atoms with Crippen LogP contribution in [0.5, 0.6) is 0 Å². The SMILES string of the molecule is CC1=C(C(=O)OCc2ccccc2)[C@H](c2cccs2)C2=C(C[C@@H](c3ccc(F)cc3)CC2=O)N1. The molecule has 2 aliphatic rings. The first-order chi connectivity index (χ1) is 16.5. The van der Waals surface area contributed by atoms with Crippen molar-refractivity contribution in [3.05, 3.63) is 116 Å². The number of Topliss-reactive ketones (excluding diaryl/α,β-unsaturated/α-hetero) is 1. The van der Waals surface area contributed by atoms with E-state index in [1.54, 1.807) is 12.1 Å². The first kappa shape index (κ1) is 22.3. The van der Waals surface area contributed by atoms with Gasteiger partial charge in [0.25, 0.3) is 0 Å². The maximum absolute atomic E-state index is 13.5. The Labute approximate surface area is 201 Å². The Hall–Kier alpha value is -3.51. The molecule has 1 aliphatic carbocycles. The van der Waals surface area contributed by atoms with E-state index < -0.39 is 11.9 Å². The summed E-state index contributed by atoms with van der Waals surface area (Å²) in [4.78, 5) is 27.7. The van der Waals surface area contributed by atoms with Gasteiger partial charge in [0.15, 0.2) is 5.78 Å². The lowest BCUT2D eigenvalue weighted by Crippen LogP contribution is -2.35. The van der Waals surface area contributed by atoms with Crippen molar-refractivity contribution in [1.29, 1.82) is 0 Å². The topological polar surface area (TPSA) is 55.4 Å². The smallest absolute Gasteiger partial charge is 0.337 e. The molecule has 0 saturated carbocycles. The van der Waals surface area contributed by atoms with Crippen molar-refractivity contribution in [2.45, 2.75) is 38.2 Å². The highest BCUT2D eigenvalue weighted by Crippen LogP contribution is 2.46. The Morgan fingerprint density at radius 2 is 1.82 bits per heavy atom. The third-order valence-electron chi connectivity index (χ3n) is 6.43. The second kappa shape index (κ2) is 9.39. The van der Waals surface area contributed by atoms with Gasteiger partial charge in [0.2, 0.25) is 0 Å². The summed E-state index contributed by atoms with van der Waals surface area (Å²) in [6.07, 6.45) is 0.942. The van der Waals surface area contributed by atoms with E-state index in [-0.39, 0.29) is 24.1 Å². The van der Waals surface area contributed by atoms with Crippen LogP contribution in [0.3, 0.4) is 0 Å². The molecule has 0 radical (unpaired) electrons. The molecule has 1 N–H and O–H groups in total. The first-order valence-corrected chi connectivity index (χ1v) is 12.1. The number of allylic oxidation sites excluding steroid dienone is 3. The summed E-state index contributed by atoms with van der Waals surface area (Å²) in [6, 6.07) is 19.8. The van der Waals surface area contributed by atoms with E-state index in [0.29, 0.717) is 29.7 Å². The zero-order valence-electron chi connectivity index (χ0n) is 18.7. The van der Waals surface area contributed by atoms with Gasteiger partial charge < -0.3 is 10.1 Å². The normalized spacial score (nSPS) is 20.1. The van der Waals surface area contributed by atoms with Crippen molar-refractivity contribution in [2.75, 3.05) is 0 Å². The average molecular weight is 474 g/mol. The largest absolute Gasteiger partial charge is 0.457 e. The monoisotopic (exact) mass is 473 g/mol. The van der Waals surface area contributed by atoms with E-state index in [0.717, 1.165) is 21.7 Å². The second-order valence-corrected chi connectivity index (χ2v) is 9.63. The number of dihydropyridines is 1. The lowest BCUT2D eigenvalue weighted by molar-refractivity contribution is -0.140. The van der Waals surface area contributed by atoms with E-state index in [2.05, 4.69) is 5.32 Å². The standard InChI is InChI=1S/C28H24FNO3S/c1-17-25(28(32)33-16-18-6-3-2-4-7-18)27(24-8-5-13-34-24)26-22(30-17)14-20(15-23(26)31)19-9-11-21(29)12-10-19/h2-13,20,27,30H,14-16H2,1H3/t20-,27+/m1/s1. The van der Waals surface area contributed by atoms with Crippen LogP contribution in [0.2, 0.25) is 0 Å². The molecule has 2 atom stereocenters. The molecule has 0 saturated heterocycles. The molecule has 172 valence electrons. The molecule has 0 fully saturated rings. The number of benzene rings is 2. The Morgan fingerprint density at radius 1 is 1.06 bits per heavy atom. The van der Waals surface area contributed by atoms with Crippen LogP contribution in [0.4, 0.5) is 4.39 Å². The van der Waals surface area contributed by atoms with Crippen LogP contribution in [0, 0.1) is 5.82 Å². The lowest BCUT2D eigenvalue weighted by Gasteiger charge is -2.36. The minimum Gasteiger partial charge on any atom is -0.457 e. The summed E-state index contributed by atoms with van der Waals surface area (Å²) in [5.41, 5.74) is 4.49. The summed E-state index contributed by atoms with van der Waals surface area (Å²) < 4.78 is 19.1. The van der Waals surface area contributed by atoms with Gasteiger partial charge in [-0.2, -0.15) is 0 Å². The number of esters is 1. The molecule has 0 amide bonds. The molecular weight excluding hydrogens is 449 g/mol. The number of rotatable bonds is 5. The van der Waals surface area contributed by atoms with Gasteiger partial charge in [-0.25, -0.2) is 9.18 Å². The summed E-state index contributed by atoms with van der Waals surface area (Å²) >= 11 is 1.53. The van der Waals surface area contributed by atoms with E-state index in [1.165, 1.54) is 23.5 Å². The molecule has 6 heteroatoms. The van der Waals surface area contributed by atoms with Crippen LogP contribution in [0.1, 0.15) is 47.6 Å². The summed E-state index contributed by atoms with van der Waals surface area (Å²) in [6.45, 7) is 2.02. The minimum absolute atomic E-state index is 0.00216. The van der Waals surface area contributed by atoms with Gasteiger partial charge in [-0.3, -0.25) is 4.79 Å². The van der Waals surface area contributed by atoms with Crippen molar-refractivity contribution in [3.63, 3.8) is 0 Å². The summed E-state index contributed by atoms with van der Waals surface area (Å²) in [5.74, 6) is -1.21. The molecule has 5 rings (SSSR count). The highest BCUT2D eigenvalue weighted by molar-refractivity contribution is 7.10. The molecule has 34 heavy (non-hydrogen) atoms. The molecule has 2 heterocycles. The third-order valence-corrected chi connectivity index (χ3v) is 7.37. The molecule has 3 aromatic rings. The molecule has 1 aliphatic heterocycles. The number of carbonyl (C=O) groups is 2. The van der Waals surface area contributed by atoms with Crippen LogP contribution < -0.4 is 5.32 Å². The fraction of sp³-hybridized carbons (Fsp3) is 0.214. The van der Waals surface area contributed by atoms with E-state index >= 15 is 0 Å². The molecule has 0 unspecified atom stereocenters. The van der Waals surface area contributed by atoms with Crippen LogP contribution in [0.15, 0.2) is 94.7 Å². The highest BCUT2D eigenvalue weighted by atomic mass is 32.1. The molecule has 4 nitrogen and oxygen atoms in total. The predicted molar refractivity (Wildman–Crippen MR) is 130 cm³/mol. The fourth-order valence-corrected chi connectivity index (χ4v) is 5.66. The number of nitrogens with one attached hydrogen (secondary N) is 1. The van der Waals surface area contributed by atoms with Crippen molar-refractivity contribution in [1.82, 2.24) is 5.32 Å². The highest BCUT2D eigenvalue weighted by Gasteiger charge is 2.41. The Bertz CT molecular complexity index is 1280. The van der Waals surface area contributed by atoms with Crippen LogP contribution in [0.25, 0.3) is 0 Å². The number of thiophene rings is 1. The lowest BCUT2D eigenvalue weighted by atomic mass is 9.73. The number of ether oxygens (including phenoxy) is 1. The van der Waals surface area contributed by atoms with Gasteiger partial charge in [0.05, 0.1) is 11.5 Å². The van der Waals surface area contributed by atoms with Gasteiger partial charge in [0.1, 0.15) is 12.4 Å². The number of hydrogen-bond acceptors (Lipinski definition) is 5. The van der Waals surface area contributed by atoms with E-state index in [9.17, 15) is 14.0 Å². The molecule has 0 bridgehead atoms. The van der Waals surface area contributed by atoms with Crippen LogP contribution in [-0.4, -0.2) is 11.8 Å². The third kappa shape index (κ3) is 4.33. The number of ketones is 1. The Kier molecular flexibility index (Phi) is 6.16. The van der Waals surface area contributed by atoms with Crippen molar-refractivity contribution < 1.29 is 18.7 Å². The fourth-order valence-electron chi connectivity index (χ4n) is 4.82. The number of hydrogen-bond donors (Lipinski definition) is 1. The average Bonchev–Trinajstić information content (AvgIpc) is 3.37. The van der Waals surface area contributed by atoms with E-state index in [1.807, 2.05) is 54.8 Å². The summed E-state index contributed by atoms with van der Waals surface area (Å²) in [7, 11) is 0. The summed E-state index contributed by atoms with van der Waals surface area (Å²) in [5, 5.41) is 5.30. The van der Waals surface area contributed by atoms with Gasteiger partial charge in [0, 0.05) is 28.3 Å². The van der Waals surface area contributed by atoms with Crippen molar-refractivity contribution in [3.8, 4) is 0 Å².